The number of aromatic nitrogens is 3. The highest BCUT2D eigenvalue weighted by molar-refractivity contribution is 5.94. The van der Waals surface area contributed by atoms with Gasteiger partial charge in [0.1, 0.15) is 12.7 Å². The number of nitrogens with two attached hydrogens (primary N) is 1. The summed E-state index contributed by atoms with van der Waals surface area (Å²) in [5, 5.41) is 6.94. The van der Waals surface area contributed by atoms with Gasteiger partial charge in [0.2, 0.25) is 5.91 Å². The molecule has 0 bridgehead atoms. The van der Waals surface area contributed by atoms with E-state index in [1.54, 1.807) is 17.9 Å². The summed E-state index contributed by atoms with van der Waals surface area (Å²) in [4.78, 5) is 15.9. The summed E-state index contributed by atoms with van der Waals surface area (Å²) in [7, 11) is 0. The number of rotatable bonds is 4. The molecule has 2 rings (SSSR count). The molecule has 1 aromatic heterocycles. The van der Waals surface area contributed by atoms with Crippen molar-refractivity contribution < 1.29 is 4.79 Å². The van der Waals surface area contributed by atoms with Gasteiger partial charge in [-0.3, -0.25) is 4.79 Å². The van der Waals surface area contributed by atoms with Crippen molar-refractivity contribution in [1.29, 1.82) is 0 Å². The maximum atomic E-state index is 12.0. The van der Waals surface area contributed by atoms with Crippen molar-refractivity contribution in [1.82, 2.24) is 14.8 Å². The second-order valence-corrected chi connectivity index (χ2v) is 4.49. The first-order chi connectivity index (χ1) is 9.09. The monoisotopic (exact) mass is 259 g/mol. The summed E-state index contributed by atoms with van der Waals surface area (Å²) in [5.41, 5.74) is 7.19. The molecular formula is C13H17N5O. The Hall–Kier alpha value is -2.21. The first-order valence-corrected chi connectivity index (χ1v) is 6.10. The number of carbonyl (C=O) groups is 1. The number of amides is 1. The maximum absolute atomic E-state index is 12.0. The molecule has 1 amide bonds. The lowest BCUT2D eigenvalue weighted by Crippen LogP contribution is -2.34. The number of benzene rings is 1. The van der Waals surface area contributed by atoms with Crippen LogP contribution in [0.2, 0.25) is 0 Å². The molecule has 0 fully saturated rings. The van der Waals surface area contributed by atoms with Crippen LogP contribution in [0.15, 0.2) is 36.9 Å². The van der Waals surface area contributed by atoms with Crippen molar-refractivity contribution >= 4 is 11.6 Å². The molecular weight excluding hydrogens is 242 g/mol. The number of nitrogens with zero attached hydrogens (tertiary/aromatic N) is 3. The average Bonchev–Trinajstić information content (AvgIpc) is 2.92. The molecule has 100 valence electrons. The van der Waals surface area contributed by atoms with Crippen LogP contribution in [0.25, 0.3) is 5.69 Å². The first-order valence-electron chi connectivity index (χ1n) is 6.10. The fourth-order valence-corrected chi connectivity index (χ4v) is 1.60. The third kappa shape index (κ3) is 2.97. The summed E-state index contributed by atoms with van der Waals surface area (Å²) in [6.07, 6.45) is 3.03. The zero-order valence-corrected chi connectivity index (χ0v) is 10.9. The van der Waals surface area contributed by atoms with Crippen molar-refractivity contribution in [2.24, 2.45) is 11.7 Å². The van der Waals surface area contributed by atoms with Gasteiger partial charge in [-0.05, 0) is 19.1 Å². The van der Waals surface area contributed by atoms with Gasteiger partial charge < -0.3 is 11.1 Å². The van der Waals surface area contributed by atoms with E-state index in [9.17, 15) is 4.79 Å². The van der Waals surface area contributed by atoms with Crippen LogP contribution in [0.1, 0.15) is 13.8 Å². The summed E-state index contributed by atoms with van der Waals surface area (Å²) < 4.78 is 1.60. The molecule has 0 saturated carbocycles. The van der Waals surface area contributed by atoms with Crippen LogP contribution in [0, 0.1) is 5.92 Å². The summed E-state index contributed by atoms with van der Waals surface area (Å²) in [6.45, 7) is 3.62. The van der Waals surface area contributed by atoms with Crippen LogP contribution in [0.3, 0.4) is 0 Å². The molecule has 0 spiro atoms. The second kappa shape index (κ2) is 5.62. The Bertz CT molecular complexity index is 550. The number of hydrogen-bond donors (Lipinski definition) is 2. The fraction of sp³-hybridized carbons (Fsp3) is 0.308. The van der Waals surface area contributed by atoms with E-state index < -0.39 is 0 Å². The van der Waals surface area contributed by atoms with E-state index in [2.05, 4.69) is 15.4 Å². The predicted octanol–water partition coefficient (Wildman–Crippen LogP) is 1.19. The Morgan fingerprint density at radius 1 is 1.37 bits per heavy atom. The highest BCUT2D eigenvalue weighted by Gasteiger charge is 2.18. The zero-order chi connectivity index (χ0) is 13.8. The van der Waals surface area contributed by atoms with Crippen LogP contribution in [0.5, 0.6) is 0 Å². The van der Waals surface area contributed by atoms with Crippen molar-refractivity contribution in [2.45, 2.75) is 19.9 Å². The SMILES string of the molecule is CC(N)C(C)C(=O)Nc1ccccc1-n1cncn1. The molecule has 1 heterocycles. The molecule has 0 saturated heterocycles. The highest BCUT2D eigenvalue weighted by atomic mass is 16.1. The minimum Gasteiger partial charge on any atom is -0.327 e. The van der Waals surface area contributed by atoms with E-state index in [1.807, 2.05) is 31.2 Å². The predicted molar refractivity (Wildman–Crippen MR) is 72.8 cm³/mol. The first kappa shape index (κ1) is 13.2. The minimum absolute atomic E-state index is 0.109. The highest BCUT2D eigenvalue weighted by Crippen LogP contribution is 2.19. The lowest BCUT2D eigenvalue weighted by molar-refractivity contribution is -0.119. The van der Waals surface area contributed by atoms with E-state index in [-0.39, 0.29) is 17.9 Å². The van der Waals surface area contributed by atoms with E-state index in [0.717, 1.165) is 5.69 Å². The van der Waals surface area contributed by atoms with Gasteiger partial charge in [-0.2, -0.15) is 5.10 Å². The molecule has 6 nitrogen and oxygen atoms in total. The van der Waals surface area contributed by atoms with E-state index in [1.165, 1.54) is 6.33 Å². The number of nitrogens with one attached hydrogen (secondary N) is 1. The molecule has 0 aliphatic rings. The maximum Gasteiger partial charge on any atom is 0.228 e. The third-order valence-corrected chi connectivity index (χ3v) is 3.03. The molecule has 6 heteroatoms. The topological polar surface area (TPSA) is 85.8 Å². The molecule has 2 atom stereocenters. The molecule has 3 N–H and O–H groups in total. The Kier molecular flexibility index (Phi) is 3.91. The van der Waals surface area contributed by atoms with Gasteiger partial charge in [0.25, 0.3) is 0 Å². The molecule has 0 radical (unpaired) electrons. The third-order valence-electron chi connectivity index (χ3n) is 3.03. The van der Waals surface area contributed by atoms with Gasteiger partial charge in [0, 0.05) is 6.04 Å². The van der Waals surface area contributed by atoms with Gasteiger partial charge in [-0.1, -0.05) is 19.1 Å². The molecule has 2 unspecified atom stereocenters. The van der Waals surface area contributed by atoms with Crippen LogP contribution < -0.4 is 11.1 Å². The number of para-hydroxylation sites is 2. The quantitative estimate of drug-likeness (QED) is 0.863. The Morgan fingerprint density at radius 3 is 2.74 bits per heavy atom. The number of hydrogen-bond acceptors (Lipinski definition) is 4. The lowest BCUT2D eigenvalue weighted by atomic mass is 10.0. The molecule has 19 heavy (non-hydrogen) atoms. The Morgan fingerprint density at radius 2 is 2.11 bits per heavy atom. The second-order valence-electron chi connectivity index (χ2n) is 4.49. The Labute approximate surface area is 111 Å². The van der Waals surface area contributed by atoms with E-state index in [0.29, 0.717) is 5.69 Å². The summed E-state index contributed by atoms with van der Waals surface area (Å²) in [5.74, 6) is -0.369. The van der Waals surface area contributed by atoms with Crippen molar-refractivity contribution in [3.05, 3.63) is 36.9 Å². The summed E-state index contributed by atoms with van der Waals surface area (Å²) >= 11 is 0. The molecule has 1 aromatic carbocycles. The van der Waals surface area contributed by atoms with E-state index >= 15 is 0 Å². The van der Waals surface area contributed by atoms with Crippen LogP contribution in [-0.2, 0) is 4.79 Å². The minimum atomic E-state index is -0.260. The standard InChI is InChI=1S/C13H17N5O/c1-9(10(2)14)13(19)17-11-5-3-4-6-12(11)18-8-15-7-16-18/h3-10H,14H2,1-2H3,(H,17,19). The largest absolute Gasteiger partial charge is 0.327 e. The smallest absolute Gasteiger partial charge is 0.228 e. The van der Waals surface area contributed by atoms with Gasteiger partial charge in [-0.15, -0.1) is 0 Å². The van der Waals surface area contributed by atoms with E-state index in [4.69, 9.17) is 5.73 Å². The van der Waals surface area contributed by atoms with Crippen molar-refractivity contribution in [3.63, 3.8) is 0 Å². The molecule has 2 aromatic rings. The van der Waals surface area contributed by atoms with Gasteiger partial charge in [-0.25, -0.2) is 9.67 Å². The zero-order valence-electron chi connectivity index (χ0n) is 10.9. The van der Waals surface area contributed by atoms with Gasteiger partial charge in [0.05, 0.1) is 17.3 Å². The average molecular weight is 259 g/mol. The molecule has 0 aliphatic carbocycles. The fourth-order valence-electron chi connectivity index (χ4n) is 1.60. The molecule has 0 aliphatic heterocycles. The van der Waals surface area contributed by atoms with Crippen LogP contribution >= 0.6 is 0 Å². The Balaban J connectivity index is 2.24. The van der Waals surface area contributed by atoms with Gasteiger partial charge >= 0.3 is 0 Å². The van der Waals surface area contributed by atoms with Crippen LogP contribution in [-0.4, -0.2) is 26.7 Å². The lowest BCUT2D eigenvalue weighted by Gasteiger charge is -2.17. The van der Waals surface area contributed by atoms with Gasteiger partial charge in [0.15, 0.2) is 0 Å². The number of anilines is 1. The normalized spacial score (nSPS) is 13.8. The van der Waals surface area contributed by atoms with Crippen molar-refractivity contribution in [2.75, 3.05) is 5.32 Å². The number of carbonyl (C=O) groups excluding carboxylic acids is 1. The summed E-state index contributed by atoms with van der Waals surface area (Å²) in [6, 6.07) is 7.22. The van der Waals surface area contributed by atoms with Crippen LogP contribution in [0.4, 0.5) is 5.69 Å². The van der Waals surface area contributed by atoms with Crippen molar-refractivity contribution in [3.8, 4) is 5.69 Å².